The molecule has 0 aliphatic heterocycles. The van der Waals surface area contributed by atoms with Crippen molar-refractivity contribution in [3.05, 3.63) is 56.5 Å². The van der Waals surface area contributed by atoms with Crippen LogP contribution in [-0.4, -0.2) is 26.6 Å². The van der Waals surface area contributed by atoms with Gasteiger partial charge in [-0.25, -0.2) is 9.48 Å². The van der Waals surface area contributed by atoms with Gasteiger partial charge in [-0.3, -0.25) is 9.59 Å². The molecule has 0 spiro atoms. The minimum Gasteiger partial charge on any atom is -0.476 e. The van der Waals surface area contributed by atoms with Gasteiger partial charge in [-0.1, -0.05) is 31.9 Å². The number of hydrogen-bond acceptors (Lipinski definition) is 4. The number of hydrogen-bond donors (Lipinski definition) is 1. The van der Waals surface area contributed by atoms with Gasteiger partial charge < -0.3 is 5.11 Å². The molecule has 1 aromatic carbocycles. The fraction of sp³-hybridized carbons (Fsp3) is 0.333. The van der Waals surface area contributed by atoms with Gasteiger partial charge in [0.2, 0.25) is 11.1 Å². The Bertz CT molecular complexity index is 857. The van der Waals surface area contributed by atoms with Crippen LogP contribution in [0.2, 0.25) is 5.02 Å². The molecule has 7 heteroatoms. The quantitative estimate of drug-likeness (QED) is 0.761. The van der Waals surface area contributed by atoms with Crippen LogP contribution >= 0.6 is 11.6 Å². The number of halogens is 1. The largest absolute Gasteiger partial charge is 0.476 e. The maximum atomic E-state index is 12.6. The van der Waals surface area contributed by atoms with Crippen molar-refractivity contribution in [2.24, 2.45) is 0 Å². The van der Waals surface area contributed by atoms with E-state index in [1.807, 2.05) is 13.8 Å². The van der Waals surface area contributed by atoms with E-state index < -0.39 is 17.1 Å². The molecule has 2 aromatic rings. The molecule has 132 valence electrons. The molecule has 0 radical (unpaired) electrons. The maximum Gasteiger partial charge on any atom is 0.360 e. The lowest BCUT2D eigenvalue weighted by Gasteiger charge is -2.16. The average Bonchev–Trinajstić information content (AvgIpc) is 2.56. The van der Waals surface area contributed by atoms with E-state index in [1.54, 1.807) is 24.3 Å². The lowest BCUT2D eigenvalue weighted by atomic mass is 10.0. The molecule has 0 unspecified atom stereocenters. The van der Waals surface area contributed by atoms with Crippen LogP contribution in [0.15, 0.2) is 29.1 Å². The molecule has 0 atom stereocenters. The number of ketones is 1. The summed E-state index contributed by atoms with van der Waals surface area (Å²) in [6.07, 6.45) is 1.84. The van der Waals surface area contributed by atoms with Gasteiger partial charge in [-0.2, -0.15) is 5.10 Å². The Balaban J connectivity index is 2.84. The average molecular weight is 363 g/mol. The van der Waals surface area contributed by atoms with Crippen LogP contribution in [0, 0.1) is 0 Å². The van der Waals surface area contributed by atoms with E-state index in [4.69, 9.17) is 11.6 Å². The summed E-state index contributed by atoms with van der Waals surface area (Å²) in [5.74, 6) is -1.81. The van der Waals surface area contributed by atoms with Crippen molar-refractivity contribution in [1.29, 1.82) is 0 Å². The standard InChI is InChI=1S/C18H19ClN2O4/c1-3-5-13-15(14(22)6-4-2)17(23)16(18(24)25)20-21(13)12-9-7-11(19)8-10-12/h7-10H,3-6H2,1-2H3,(H,24,25). The molecule has 2 rings (SSSR count). The van der Waals surface area contributed by atoms with Crippen LogP contribution in [-0.2, 0) is 6.42 Å². The third-order valence-electron chi connectivity index (χ3n) is 3.70. The minimum absolute atomic E-state index is 0.0777. The lowest BCUT2D eigenvalue weighted by molar-refractivity contribution is 0.0686. The first-order valence-corrected chi connectivity index (χ1v) is 8.47. The highest BCUT2D eigenvalue weighted by Gasteiger charge is 2.25. The molecule has 1 heterocycles. The fourth-order valence-corrected chi connectivity index (χ4v) is 2.73. The Morgan fingerprint density at radius 3 is 2.32 bits per heavy atom. The van der Waals surface area contributed by atoms with Gasteiger partial charge in [0.05, 0.1) is 16.9 Å². The molecule has 0 saturated heterocycles. The van der Waals surface area contributed by atoms with Crippen LogP contribution in [0.5, 0.6) is 0 Å². The highest BCUT2D eigenvalue weighted by atomic mass is 35.5. The Hall–Kier alpha value is -2.47. The Labute approximate surface area is 150 Å². The number of nitrogens with zero attached hydrogens (tertiary/aromatic N) is 2. The second-order valence-electron chi connectivity index (χ2n) is 5.62. The van der Waals surface area contributed by atoms with E-state index >= 15 is 0 Å². The minimum atomic E-state index is -1.46. The Kier molecular flexibility index (Phi) is 6.09. The van der Waals surface area contributed by atoms with E-state index in [0.29, 0.717) is 35.7 Å². The predicted octanol–water partition coefficient (Wildman–Crippen LogP) is 3.52. The fourth-order valence-electron chi connectivity index (χ4n) is 2.60. The van der Waals surface area contributed by atoms with Crippen molar-refractivity contribution in [3.63, 3.8) is 0 Å². The summed E-state index contributed by atoms with van der Waals surface area (Å²) in [5.41, 5.74) is -0.584. The summed E-state index contributed by atoms with van der Waals surface area (Å²) in [6.45, 7) is 3.74. The molecular weight excluding hydrogens is 344 g/mol. The van der Waals surface area contributed by atoms with Crippen molar-refractivity contribution >= 4 is 23.4 Å². The van der Waals surface area contributed by atoms with Crippen LogP contribution in [0.3, 0.4) is 0 Å². The number of carbonyl (C=O) groups is 2. The number of Topliss-reactive ketones (excluding diaryl/α,β-unsaturated/α-hetero) is 1. The topological polar surface area (TPSA) is 89.3 Å². The third-order valence-corrected chi connectivity index (χ3v) is 3.95. The molecular formula is C18H19ClN2O4. The number of carbonyl (C=O) groups excluding carboxylic acids is 1. The summed E-state index contributed by atoms with van der Waals surface area (Å²) in [7, 11) is 0. The lowest BCUT2D eigenvalue weighted by Crippen LogP contribution is -2.31. The van der Waals surface area contributed by atoms with E-state index in [9.17, 15) is 19.5 Å². The zero-order chi connectivity index (χ0) is 18.6. The van der Waals surface area contributed by atoms with Crippen molar-refractivity contribution in [2.45, 2.75) is 39.5 Å². The highest BCUT2D eigenvalue weighted by molar-refractivity contribution is 6.30. The SMILES string of the molecule is CCCC(=O)c1c(CCC)n(-c2ccc(Cl)cc2)nc(C(=O)O)c1=O. The molecule has 0 saturated carbocycles. The van der Waals surface area contributed by atoms with Crippen molar-refractivity contribution in [1.82, 2.24) is 9.78 Å². The summed E-state index contributed by atoms with van der Waals surface area (Å²) < 4.78 is 1.37. The van der Waals surface area contributed by atoms with Gasteiger partial charge >= 0.3 is 5.97 Å². The number of rotatable bonds is 7. The molecule has 0 fully saturated rings. The van der Waals surface area contributed by atoms with Gasteiger partial charge in [0.1, 0.15) is 0 Å². The zero-order valence-electron chi connectivity index (χ0n) is 14.1. The summed E-state index contributed by atoms with van der Waals surface area (Å²) in [5, 5.41) is 13.8. The van der Waals surface area contributed by atoms with Crippen LogP contribution in [0.25, 0.3) is 5.69 Å². The van der Waals surface area contributed by atoms with Crippen LogP contribution < -0.4 is 5.43 Å². The van der Waals surface area contributed by atoms with Gasteiger partial charge in [-0.15, -0.1) is 0 Å². The second-order valence-corrected chi connectivity index (χ2v) is 6.05. The molecule has 1 aromatic heterocycles. The normalized spacial score (nSPS) is 10.7. The van der Waals surface area contributed by atoms with Gasteiger partial charge in [-0.05, 0) is 37.1 Å². The predicted molar refractivity (Wildman–Crippen MR) is 95.0 cm³/mol. The first-order chi connectivity index (χ1) is 11.9. The van der Waals surface area contributed by atoms with Crippen LogP contribution in [0.1, 0.15) is 59.7 Å². The van der Waals surface area contributed by atoms with Crippen LogP contribution in [0.4, 0.5) is 0 Å². The highest BCUT2D eigenvalue weighted by Crippen LogP contribution is 2.18. The molecule has 0 aliphatic carbocycles. The van der Waals surface area contributed by atoms with Crippen molar-refractivity contribution < 1.29 is 14.7 Å². The second kappa shape index (κ2) is 8.07. The smallest absolute Gasteiger partial charge is 0.360 e. The van der Waals surface area contributed by atoms with E-state index in [-0.39, 0.29) is 17.8 Å². The number of carboxylic acids is 1. The van der Waals surface area contributed by atoms with E-state index in [1.165, 1.54) is 4.68 Å². The van der Waals surface area contributed by atoms with Gasteiger partial charge in [0.25, 0.3) is 0 Å². The summed E-state index contributed by atoms with van der Waals surface area (Å²) in [6, 6.07) is 6.61. The number of aromatic nitrogens is 2. The molecule has 1 N–H and O–H groups in total. The number of benzene rings is 1. The Morgan fingerprint density at radius 2 is 1.80 bits per heavy atom. The molecule has 0 amide bonds. The molecule has 6 nitrogen and oxygen atoms in total. The molecule has 0 bridgehead atoms. The van der Waals surface area contributed by atoms with E-state index in [2.05, 4.69) is 5.10 Å². The summed E-state index contributed by atoms with van der Waals surface area (Å²) in [4.78, 5) is 36.5. The third kappa shape index (κ3) is 3.96. The molecule has 25 heavy (non-hydrogen) atoms. The van der Waals surface area contributed by atoms with Crippen molar-refractivity contribution in [2.75, 3.05) is 0 Å². The first kappa shape index (κ1) is 18.9. The van der Waals surface area contributed by atoms with Gasteiger partial charge in [0, 0.05) is 11.4 Å². The maximum absolute atomic E-state index is 12.6. The molecule has 0 aliphatic rings. The number of carboxylic acid groups (broad SMARTS) is 1. The number of aromatic carboxylic acids is 1. The zero-order valence-corrected chi connectivity index (χ0v) is 14.8. The summed E-state index contributed by atoms with van der Waals surface area (Å²) >= 11 is 5.90. The van der Waals surface area contributed by atoms with Crippen molar-refractivity contribution in [3.8, 4) is 5.69 Å². The Morgan fingerprint density at radius 1 is 1.16 bits per heavy atom. The first-order valence-electron chi connectivity index (χ1n) is 8.09. The monoisotopic (exact) mass is 362 g/mol. The van der Waals surface area contributed by atoms with Gasteiger partial charge in [0.15, 0.2) is 5.78 Å². The van der Waals surface area contributed by atoms with E-state index in [0.717, 1.165) is 0 Å².